The van der Waals surface area contributed by atoms with Crippen LogP contribution in [-0.2, 0) is 15.7 Å². The molecule has 0 radical (unpaired) electrons. The van der Waals surface area contributed by atoms with E-state index in [2.05, 4.69) is 5.32 Å². The first-order valence-corrected chi connectivity index (χ1v) is 10.1. The highest BCUT2D eigenvalue weighted by molar-refractivity contribution is 6.32. The first-order valence-electron chi connectivity index (χ1n) is 9.72. The van der Waals surface area contributed by atoms with E-state index < -0.39 is 34.8 Å². The van der Waals surface area contributed by atoms with Gasteiger partial charge in [0.1, 0.15) is 29.3 Å². The van der Waals surface area contributed by atoms with Gasteiger partial charge >= 0.3 is 12.1 Å². The van der Waals surface area contributed by atoms with E-state index >= 15 is 0 Å². The number of nitrogens with zero attached hydrogens (tertiary/aromatic N) is 2. The third-order valence-electron chi connectivity index (χ3n) is 4.32. The number of ether oxygens (including phenoxy) is 2. The first kappa shape index (κ1) is 26.2. The molecule has 1 N–H and O–H groups in total. The molecular formula is C21H23ClF3N3O5. The van der Waals surface area contributed by atoms with Crippen molar-refractivity contribution in [2.24, 2.45) is 0 Å². The standard InChI is InChI=1S/C21H23ClF3N3O5/c1-12(11-27(3)4)32-20(29)13(2)26-17-10-15(6-7-18(17)28(30)31)33-19-8-5-14(9-16(19)22)21(23,24)25/h5-10,12-13,26H,11H2,1-4H3. The smallest absolute Gasteiger partial charge is 0.416 e. The molecule has 2 atom stereocenters. The Morgan fingerprint density at radius 2 is 1.88 bits per heavy atom. The number of alkyl halides is 3. The van der Waals surface area contributed by atoms with Crippen LogP contribution in [0.25, 0.3) is 0 Å². The van der Waals surface area contributed by atoms with E-state index in [1.165, 1.54) is 19.1 Å². The second kappa shape index (κ2) is 10.7. The predicted molar refractivity (Wildman–Crippen MR) is 117 cm³/mol. The number of halogens is 4. The van der Waals surface area contributed by atoms with Gasteiger partial charge in [-0.15, -0.1) is 0 Å². The number of benzene rings is 2. The summed E-state index contributed by atoms with van der Waals surface area (Å²) in [6, 6.07) is 5.29. The molecule has 33 heavy (non-hydrogen) atoms. The summed E-state index contributed by atoms with van der Waals surface area (Å²) < 4.78 is 49.3. The maximum Gasteiger partial charge on any atom is 0.416 e. The zero-order valence-electron chi connectivity index (χ0n) is 18.3. The van der Waals surface area contributed by atoms with Crippen LogP contribution < -0.4 is 10.1 Å². The van der Waals surface area contributed by atoms with Crippen molar-refractivity contribution in [3.63, 3.8) is 0 Å². The van der Waals surface area contributed by atoms with Gasteiger partial charge in [0.25, 0.3) is 5.69 Å². The molecule has 0 saturated heterocycles. The topological polar surface area (TPSA) is 93.9 Å². The molecule has 0 aliphatic heterocycles. The Kier molecular flexibility index (Phi) is 8.51. The second-order valence-electron chi connectivity index (χ2n) is 7.56. The molecule has 0 aliphatic rings. The molecule has 2 unspecified atom stereocenters. The van der Waals surface area contributed by atoms with Crippen LogP contribution in [0.4, 0.5) is 24.5 Å². The van der Waals surface area contributed by atoms with Crippen LogP contribution in [0.2, 0.25) is 5.02 Å². The van der Waals surface area contributed by atoms with Gasteiger partial charge in [-0.1, -0.05) is 11.6 Å². The molecule has 0 bridgehead atoms. The van der Waals surface area contributed by atoms with Gasteiger partial charge in [-0.05, 0) is 52.2 Å². The summed E-state index contributed by atoms with van der Waals surface area (Å²) in [5, 5.41) is 13.8. The lowest BCUT2D eigenvalue weighted by Crippen LogP contribution is -2.34. The second-order valence-corrected chi connectivity index (χ2v) is 7.96. The maximum absolute atomic E-state index is 12.8. The third-order valence-corrected chi connectivity index (χ3v) is 4.61. The average molecular weight is 490 g/mol. The Morgan fingerprint density at radius 3 is 2.42 bits per heavy atom. The Hall–Kier alpha value is -3.05. The lowest BCUT2D eigenvalue weighted by Gasteiger charge is -2.21. The van der Waals surface area contributed by atoms with Gasteiger partial charge in [-0.2, -0.15) is 13.2 Å². The Balaban J connectivity index is 2.23. The highest BCUT2D eigenvalue weighted by Crippen LogP contribution is 2.38. The molecular weight excluding hydrogens is 467 g/mol. The van der Waals surface area contributed by atoms with Crippen molar-refractivity contribution in [1.82, 2.24) is 4.90 Å². The van der Waals surface area contributed by atoms with Crippen molar-refractivity contribution in [3.8, 4) is 11.5 Å². The van der Waals surface area contributed by atoms with Crippen molar-refractivity contribution in [2.75, 3.05) is 26.0 Å². The molecule has 2 aromatic rings. The predicted octanol–water partition coefficient (Wildman–Crippen LogP) is 5.35. The van der Waals surface area contributed by atoms with Crippen LogP contribution in [0.1, 0.15) is 19.4 Å². The molecule has 0 saturated carbocycles. The van der Waals surface area contributed by atoms with Crippen LogP contribution in [0.15, 0.2) is 36.4 Å². The summed E-state index contributed by atoms with van der Waals surface area (Å²) in [6.07, 6.45) is -4.97. The first-order chi connectivity index (χ1) is 15.3. The van der Waals surface area contributed by atoms with Gasteiger partial charge in [0.2, 0.25) is 0 Å². The van der Waals surface area contributed by atoms with Gasteiger partial charge in [-0.25, -0.2) is 4.79 Å². The number of nitrogens with one attached hydrogen (secondary N) is 1. The number of rotatable bonds is 9. The van der Waals surface area contributed by atoms with E-state index in [1.54, 1.807) is 6.92 Å². The number of nitro groups is 1. The number of carbonyl (C=O) groups excluding carboxylic acids is 1. The number of nitro benzene ring substituents is 1. The van der Waals surface area contributed by atoms with Crippen LogP contribution in [0, 0.1) is 10.1 Å². The monoisotopic (exact) mass is 489 g/mol. The molecule has 0 fully saturated rings. The van der Waals surface area contributed by atoms with Gasteiger partial charge in [-0.3, -0.25) is 10.1 Å². The zero-order valence-corrected chi connectivity index (χ0v) is 19.0. The van der Waals surface area contributed by atoms with Crippen molar-refractivity contribution < 1.29 is 32.4 Å². The van der Waals surface area contributed by atoms with E-state index in [-0.39, 0.29) is 27.9 Å². The van der Waals surface area contributed by atoms with Crippen LogP contribution in [0.5, 0.6) is 11.5 Å². The van der Waals surface area contributed by atoms with Gasteiger partial charge in [0.05, 0.1) is 15.5 Å². The minimum Gasteiger partial charge on any atom is -0.460 e. The number of likely N-dealkylation sites (N-methyl/N-ethyl adjacent to an activating group) is 1. The fraction of sp³-hybridized carbons (Fsp3) is 0.381. The molecule has 8 nitrogen and oxygen atoms in total. The zero-order chi connectivity index (χ0) is 24.9. The van der Waals surface area contributed by atoms with Crippen molar-refractivity contribution in [1.29, 1.82) is 0 Å². The normalized spacial score (nSPS) is 13.4. The third kappa shape index (κ3) is 7.50. The van der Waals surface area contributed by atoms with E-state index in [0.29, 0.717) is 12.6 Å². The molecule has 12 heteroatoms. The quantitative estimate of drug-likeness (QED) is 0.288. The highest BCUT2D eigenvalue weighted by Gasteiger charge is 2.31. The van der Waals surface area contributed by atoms with Gasteiger partial charge < -0.3 is 19.7 Å². The molecule has 0 heterocycles. The van der Waals surface area contributed by atoms with E-state index in [1.807, 2.05) is 19.0 Å². The van der Waals surface area contributed by atoms with E-state index in [0.717, 1.165) is 18.2 Å². The van der Waals surface area contributed by atoms with Gasteiger partial charge in [0.15, 0.2) is 0 Å². The van der Waals surface area contributed by atoms with Crippen LogP contribution in [-0.4, -0.2) is 48.6 Å². The fourth-order valence-electron chi connectivity index (χ4n) is 2.88. The average Bonchev–Trinajstić information content (AvgIpc) is 2.67. The van der Waals surface area contributed by atoms with Gasteiger partial charge in [0, 0.05) is 18.7 Å². The van der Waals surface area contributed by atoms with Crippen molar-refractivity contribution in [2.45, 2.75) is 32.2 Å². The Labute approximate surface area is 193 Å². The Bertz CT molecular complexity index is 1020. The summed E-state index contributed by atoms with van der Waals surface area (Å²) in [6.45, 7) is 3.69. The lowest BCUT2D eigenvalue weighted by atomic mass is 10.2. The fourth-order valence-corrected chi connectivity index (χ4v) is 3.10. The number of hydrogen-bond acceptors (Lipinski definition) is 7. The summed E-state index contributed by atoms with van der Waals surface area (Å²) in [4.78, 5) is 24.9. The highest BCUT2D eigenvalue weighted by atomic mass is 35.5. The maximum atomic E-state index is 12.8. The largest absolute Gasteiger partial charge is 0.460 e. The van der Waals surface area contributed by atoms with Crippen molar-refractivity contribution >= 4 is 28.9 Å². The summed E-state index contributed by atoms with van der Waals surface area (Å²) in [5.74, 6) is -0.628. The molecule has 2 aromatic carbocycles. The Morgan fingerprint density at radius 1 is 1.21 bits per heavy atom. The van der Waals surface area contributed by atoms with E-state index in [4.69, 9.17) is 21.1 Å². The number of anilines is 1. The minimum absolute atomic E-state index is 0.0368. The molecule has 180 valence electrons. The number of hydrogen-bond donors (Lipinski definition) is 1. The van der Waals surface area contributed by atoms with Crippen molar-refractivity contribution in [3.05, 3.63) is 57.1 Å². The van der Waals surface area contributed by atoms with Crippen LogP contribution in [0.3, 0.4) is 0 Å². The molecule has 0 aromatic heterocycles. The van der Waals surface area contributed by atoms with Crippen LogP contribution >= 0.6 is 11.6 Å². The lowest BCUT2D eigenvalue weighted by molar-refractivity contribution is -0.384. The molecule has 0 aliphatic carbocycles. The summed E-state index contributed by atoms with van der Waals surface area (Å²) in [5.41, 5.74) is -1.31. The number of carbonyl (C=O) groups is 1. The molecule has 0 spiro atoms. The number of esters is 1. The molecule has 2 rings (SSSR count). The minimum atomic E-state index is -4.57. The van der Waals surface area contributed by atoms with E-state index in [9.17, 15) is 28.1 Å². The summed E-state index contributed by atoms with van der Waals surface area (Å²) >= 11 is 5.90. The summed E-state index contributed by atoms with van der Waals surface area (Å²) in [7, 11) is 3.65. The SMILES string of the molecule is CC(CN(C)C)OC(=O)C(C)Nc1cc(Oc2ccc(C(F)(F)F)cc2Cl)ccc1[N+](=O)[O-]. The molecule has 0 amide bonds.